The second-order valence-corrected chi connectivity index (χ2v) is 8.29. The van der Waals surface area contributed by atoms with Gasteiger partial charge in [0.15, 0.2) is 5.16 Å². The Morgan fingerprint density at radius 2 is 2.08 bits per heavy atom. The molecule has 0 amide bonds. The summed E-state index contributed by atoms with van der Waals surface area (Å²) in [6.45, 7) is 5.14. The van der Waals surface area contributed by atoms with Crippen molar-refractivity contribution in [3.63, 3.8) is 0 Å². The van der Waals surface area contributed by atoms with E-state index in [1.54, 1.807) is 23.1 Å². The normalized spacial score (nSPS) is 14.9. The quantitative estimate of drug-likeness (QED) is 0.567. The van der Waals surface area contributed by atoms with Gasteiger partial charge in [0.05, 0.1) is 10.2 Å². The van der Waals surface area contributed by atoms with Gasteiger partial charge in [-0.05, 0) is 23.3 Å². The number of thiophene rings is 1. The van der Waals surface area contributed by atoms with Crippen LogP contribution in [0.1, 0.15) is 22.9 Å². The summed E-state index contributed by atoms with van der Waals surface area (Å²) < 4.78 is 1.06. The van der Waals surface area contributed by atoms with Crippen molar-refractivity contribution in [1.82, 2.24) is 14.9 Å². The molecule has 1 aromatic carbocycles. The summed E-state index contributed by atoms with van der Waals surface area (Å²) in [7, 11) is 0. The first-order valence-corrected chi connectivity index (χ1v) is 10.0. The first kappa shape index (κ1) is 15.9. The van der Waals surface area contributed by atoms with Crippen LogP contribution in [0, 0.1) is 0 Å². The van der Waals surface area contributed by atoms with Gasteiger partial charge in [-0.15, -0.1) is 11.3 Å². The molecule has 0 spiro atoms. The number of nitrogens with zero attached hydrogens (tertiary/aromatic N) is 3. The van der Waals surface area contributed by atoms with E-state index in [1.165, 1.54) is 16.0 Å². The Bertz CT molecular complexity index is 860. The van der Waals surface area contributed by atoms with Gasteiger partial charge in [-0.1, -0.05) is 49.0 Å². The first-order valence-electron chi connectivity index (χ1n) is 8.21. The lowest BCUT2D eigenvalue weighted by Gasteiger charge is -2.26. The molecule has 0 unspecified atom stereocenters. The van der Waals surface area contributed by atoms with Crippen molar-refractivity contribution >= 4 is 39.1 Å². The van der Waals surface area contributed by atoms with Crippen molar-refractivity contribution in [3.05, 3.63) is 46.3 Å². The van der Waals surface area contributed by atoms with Crippen LogP contribution in [0.5, 0.6) is 0 Å². The lowest BCUT2D eigenvalue weighted by Crippen LogP contribution is -2.29. The Kier molecular flexibility index (Phi) is 4.43. The second kappa shape index (κ2) is 6.70. The van der Waals surface area contributed by atoms with E-state index >= 15 is 0 Å². The molecule has 0 saturated heterocycles. The van der Waals surface area contributed by atoms with Crippen molar-refractivity contribution in [1.29, 1.82) is 0 Å². The van der Waals surface area contributed by atoms with Gasteiger partial charge in [0.2, 0.25) is 0 Å². The highest BCUT2D eigenvalue weighted by Crippen LogP contribution is 2.37. The van der Waals surface area contributed by atoms with Crippen molar-refractivity contribution in [2.75, 3.05) is 18.0 Å². The van der Waals surface area contributed by atoms with E-state index in [0.29, 0.717) is 5.82 Å². The molecule has 0 saturated carbocycles. The van der Waals surface area contributed by atoms with Gasteiger partial charge in [0, 0.05) is 24.5 Å². The molecular weight excluding hydrogens is 336 g/mol. The summed E-state index contributed by atoms with van der Waals surface area (Å²) in [5, 5.41) is 0.801. The number of benzene rings is 1. The third-order valence-corrected chi connectivity index (χ3v) is 6.24. The summed E-state index contributed by atoms with van der Waals surface area (Å²) >= 11 is 3.42. The van der Waals surface area contributed by atoms with Gasteiger partial charge in [-0.25, -0.2) is 9.97 Å². The van der Waals surface area contributed by atoms with Crippen molar-refractivity contribution in [2.45, 2.75) is 31.6 Å². The van der Waals surface area contributed by atoms with Crippen LogP contribution in [0.15, 0.2) is 35.5 Å². The smallest absolute Gasteiger partial charge is 0.190 e. The van der Waals surface area contributed by atoms with Crippen LogP contribution in [-0.4, -0.2) is 27.2 Å². The number of nitrogens with two attached hydrogens (primary N) is 1. The summed E-state index contributed by atoms with van der Waals surface area (Å²) in [4.78, 5) is 13.1. The fraction of sp³-hybridized carbons (Fsp3) is 0.333. The van der Waals surface area contributed by atoms with Crippen molar-refractivity contribution < 1.29 is 0 Å². The van der Waals surface area contributed by atoms with Crippen LogP contribution in [0.25, 0.3) is 10.2 Å². The van der Waals surface area contributed by atoms with Crippen LogP contribution >= 0.6 is 23.1 Å². The molecule has 2 N–H and O–H groups in total. The predicted molar refractivity (Wildman–Crippen MR) is 102 cm³/mol. The number of thioether (sulfide) groups is 1. The van der Waals surface area contributed by atoms with Crippen LogP contribution in [0.2, 0.25) is 0 Å². The molecular formula is C18H20N4S2. The molecule has 124 valence electrons. The number of aromatic nitrogens is 2. The highest BCUT2D eigenvalue weighted by Gasteiger charge is 2.23. The second-order valence-electron chi connectivity index (χ2n) is 5.95. The molecule has 1 aliphatic rings. The largest absolute Gasteiger partial charge is 0.382 e. The summed E-state index contributed by atoms with van der Waals surface area (Å²) in [5.41, 5.74) is 10.0. The van der Waals surface area contributed by atoms with Crippen LogP contribution < -0.4 is 5.73 Å². The maximum Gasteiger partial charge on any atom is 0.190 e. The van der Waals surface area contributed by atoms with E-state index in [4.69, 9.17) is 10.7 Å². The maximum absolute atomic E-state index is 6.19. The Morgan fingerprint density at radius 1 is 1.25 bits per heavy atom. The zero-order valence-electron chi connectivity index (χ0n) is 13.7. The molecule has 6 heteroatoms. The van der Waals surface area contributed by atoms with E-state index in [-0.39, 0.29) is 0 Å². The van der Waals surface area contributed by atoms with Crippen LogP contribution in [0.3, 0.4) is 0 Å². The standard InChI is InChI=1S/C18H20N4S2/c1-2-23-18-20-15-13-8-9-22(10-12-6-4-3-5-7-12)11-14(13)24-16(15)17(19)21-18/h3-7H,2,8-11H2,1H3,(H2,19,20,21). The summed E-state index contributed by atoms with van der Waals surface area (Å²) in [6, 6.07) is 10.7. The number of nitrogen functional groups attached to an aromatic ring is 1. The zero-order chi connectivity index (χ0) is 16.5. The van der Waals surface area contributed by atoms with E-state index in [9.17, 15) is 0 Å². The van der Waals surface area contributed by atoms with E-state index in [2.05, 4.69) is 47.1 Å². The molecule has 4 rings (SSSR count). The molecule has 0 bridgehead atoms. The molecule has 0 fully saturated rings. The highest BCUT2D eigenvalue weighted by molar-refractivity contribution is 7.99. The number of hydrogen-bond donors (Lipinski definition) is 1. The van der Waals surface area contributed by atoms with E-state index < -0.39 is 0 Å². The lowest BCUT2D eigenvalue weighted by molar-refractivity contribution is 0.249. The minimum Gasteiger partial charge on any atom is -0.382 e. The average molecular weight is 357 g/mol. The van der Waals surface area contributed by atoms with Gasteiger partial charge < -0.3 is 5.73 Å². The third-order valence-electron chi connectivity index (χ3n) is 4.29. The minimum atomic E-state index is 0.630. The van der Waals surface area contributed by atoms with E-state index in [0.717, 1.165) is 47.2 Å². The number of fused-ring (bicyclic) bond motifs is 3. The van der Waals surface area contributed by atoms with Gasteiger partial charge >= 0.3 is 0 Å². The molecule has 0 atom stereocenters. The van der Waals surface area contributed by atoms with Gasteiger partial charge in [-0.2, -0.15) is 0 Å². The average Bonchev–Trinajstić information content (AvgIpc) is 2.95. The lowest BCUT2D eigenvalue weighted by atomic mass is 10.1. The number of anilines is 1. The third kappa shape index (κ3) is 3.01. The molecule has 4 nitrogen and oxygen atoms in total. The molecule has 0 radical (unpaired) electrons. The fourth-order valence-electron chi connectivity index (χ4n) is 3.18. The van der Waals surface area contributed by atoms with Gasteiger partial charge in [0.25, 0.3) is 0 Å². The molecule has 3 aromatic rings. The molecule has 1 aliphatic heterocycles. The van der Waals surface area contributed by atoms with Crippen LogP contribution in [0.4, 0.5) is 5.82 Å². The van der Waals surface area contributed by atoms with Crippen molar-refractivity contribution in [2.24, 2.45) is 0 Å². The van der Waals surface area contributed by atoms with Crippen LogP contribution in [-0.2, 0) is 19.5 Å². The minimum absolute atomic E-state index is 0.630. The van der Waals surface area contributed by atoms with E-state index in [1.807, 2.05) is 0 Å². The number of rotatable bonds is 4. The first-order chi connectivity index (χ1) is 11.7. The highest BCUT2D eigenvalue weighted by atomic mass is 32.2. The van der Waals surface area contributed by atoms with Gasteiger partial charge in [-0.3, -0.25) is 4.90 Å². The summed E-state index contributed by atoms with van der Waals surface area (Å²) in [6.07, 6.45) is 1.04. The van der Waals surface area contributed by atoms with Gasteiger partial charge in [0.1, 0.15) is 5.82 Å². The Hall–Kier alpha value is -1.63. The predicted octanol–water partition coefficient (Wildman–Crippen LogP) is 3.94. The molecule has 0 aliphatic carbocycles. The Morgan fingerprint density at radius 3 is 2.88 bits per heavy atom. The monoisotopic (exact) mass is 356 g/mol. The molecule has 24 heavy (non-hydrogen) atoms. The van der Waals surface area contributed by atoms with Crippen molar-refractivity contribution in [3.8, 4) is 0 Å². The Labute approximate surface area is 150 Å². The molecule has 2 aromatic heterocycles. The maximum atomic E-state index is 6.19. The Balaban J connectivity index is 1.63. The fourth-order valence-corrected chi connectivity index (χ4v) is 4.98. The topological polar surface area (TPSA) is 55.0 Å². The zero-order valence-corrected chi connectivity index (χ0v) is 15.3. The molecule has 3 heterocycles. The number of hydrogen-bond acceptors (Lipinski definition) is 6. The SMILES string of the molecule is CCSc1nc(N)c2sc3c(c2n1)CCN(Cc1ccccc1)C3. The summed E-state index contributed by atoms with van der Waals surface area (Å²) in [5.74, 6) is 1.59.